The first-order valence-electron chi connectivity index (χ1n) is 5.43. The normalized spacial score (nSPS) is 9.76. The quantitative estimate of drug-likeness (QED) is 0.570. The SMILES string of the molecule is CCCC(=O)NC(=S)Nc1cc(C)ccc1O. The molecule has 1 rings (SSSR count). The number of phenols is 1. The number of anilines is 1. The molecule has 0 spiro atoms. The van der Waals surface area contributed by atoms with E-state index in [0.29, 0.717) is 12.1 Å². The van der Waals surface area contributed by atoms with Gasteiger partial charge in [-0.3, -0.25) is 4.79 Å². The summed E-state index contributed by atoms with van der Waals surface area (Å²) in [5, 5.41) is 15.1. The zero-order chi connectivity index (χ0) is 12.8. The Balaban J connectivity index is 2.62. The van der Waals surface area contributed by atoms with Gasteiger partial charge in [0.05, 0.1) is 5.69 Å². The fourth-order valence-electron chi connectivity index (χ4n) is 1.32. The average Bonchev–Trinajstić information content (AvgIpc) is 2.23. The Morgan fingerprint density at radius 2 is 2.18 bits per heavy atom. The molecule has 17 heavy (non-hydrogen) atoms. The van der Waals surface area contributed by atoms with Crippen LogP contribution in [0.15, 0.2) is 18.2 Å². The minimum absolute atomic E-state index is 0.0997. The number of carbonyl (C=O) groups is 1. The minimum Gasteiger partial charge on any atom is -0.506 e. The summed E-state index contributed by atoms with van der Waals surface area (Å²) in [5.41, 5.74) is 1.49. The summed E-state index contributed by atoms with van der Waals surface area (Å²) in [6.07, 6.45) is 1.20. The zero-order valence-corrected chi connectivity index (χ0v) is 10.7. The second-order valence-electron chi connectivity index (χ2n) is 3.77. The average molecular weight is 252 g/mol. The van der Waals surface area contributed by atoms with Crippen LogP contribution in [0.5, 0.6) is 5.75 Å². The summed E-state index contributed by atoms with van der Waals surface area (Å²) in [6.45, 7) is 3.83. The molecule has 0 aromatic heterocycles. The maximum atomic E-state index is 11.3. The summed E-state index contributed by atoms with van der Waals surface area (Å²) >= 11 is 4.98. The first kappa shape index (κ1) is 13.4. The van der Waals surface area contributed by atoms with Crippen LogP contribution in [0.2, 0.25) is 0 Å². The van der Waals surface area contributed by atoms with Gasteiger partial charge >= 0.3 is 0 Å². The molecule has 1 aromatic carbocycles. The third kappa shape index (κ3) is 4.40. The number of amides is 1. The molecule has 0 radical (unpaired) electrons. The number of rotatable bonds is 3. The van der Waals surface area contributed by atoms with Gasteiger partial charge in [-0.2, -0.15) is 0 Å². The van der Waals surface area contributed by atoms with Crippen molar-refractivity contribution in [1.82, 2.24) is 5.32 Å². The fourth-order valence-corrected chi connectivity index (χ4v) is 1.54. The van der Waals surface area contributed by atoms with Gasteiger partial charge in [0.15, 0.2) is 5.11 Å². The van der Waals surface area contributed by atoms with Gasteiger partial charge in [0.25, 0.3) is 0 Å². The first-order chi connectivity index (χ1) is 8.02. The van der Waals surface area contributed by atoms with E-state index in [2.05, 4.69) is 10.6 Å². The van der Waals surface area contributed by atoms with Crippen LogP contribution in [-0.2, 0) is 4.79 Å². The van der Waals surface area contributed by atoms with Gasteiger partial charge in [0.2, 0.25) is 5.91 Å². The number of hydrogen-bond donors (Lipinski definition) is 3. The van der Waals surface area contributed by atoms with Crippen LogP contribution < -0.4 is 10.6 Å². The highest BCUT2D eigenvalue weighted by Gasteiger charge is 2.06. The van der Waals surface area contributed by atoms with Crippen molar-refractivity contribution in [2.75, 3.05) is 5.32 Å². The maximum Gasteiger partial charge on any atom is 0.226 e. The van der Waals surface area contributed by atoms with E-state index in [9.17, 15) is 9.90 Å². The van der Waals surface area contributed by atoms with Gasteiger partial charge in [0, 0.05) is 6.42 Å². The molecule has 3 N–H and O–H groups in total. The van der Waals surface area contributed by atoms with Crippen molar-refractivity contribution in [2.24, 2.45) is 0 Å². The second kappa shape index (κ2) is 6.20. The number of benzene rings is 1. The number of phenolic OH excluding ortho intramolecular Hbond substituents is 1. The number of aromatic hydroxyl groups is 1. The van der Waals surface area contributed by atoms with Crippen molar-refractivity contribution in [3.63, 3.8) is 0 Å². The molecule has 0 aliphatic heterocycles. The van der Waals surface area contributed by atoms with Crippen LogP contribution in [0, 0.1) is 6.92 Å². The lowest BCUT2D eigenvalue weighted by molar-refractivity contribution is -0.119. The van der Waals surface area contributed by atoms with Crippen molar-refractivity contribution in [3.05, 3.63) is 23.8 Å². The third-order valence-corrected chi connectivity index (χ3v) is 2.33. The monoisotopic (exact) mass is 252 g/mol. The second-order valence-corrected chi connectivity index (χ2v) is 4.18. The van der Waals surface area contributed by atoms with Crippen LogP contribution in [0.1, 0.15) is 25.3 Å². The molecule has 1 amide bonds. The predicted molar refractivity (Wildman–Crippen MR) is 72.1 cm³/mol. The Hall–Kier alpha value is -1.62. The number of nitrogens with one attached hydrogen (secondary N) is 2. The van der Waals surface area contributed by atoms with Crippen molar-refractivity contribution < 1.29 is 9.90 Å². The van der Waals surface area contributed by atoms with Gasteiger partial charge in [0.1, 0.15) is 5.75 Å². The van der Waals surface area contributed by atoms with E-state index < -0.39 is 0 Å². The Kier molecular flexibility index (Phi) is 4.90. The smallest absolute Gasteiger partial charge is 0.226 e. The molecule has 4 nitrogen and oxygen atoms in total. The van der Waals surface area contributed by atoms with E-state index in [1.54, 1.807) is 18.2 Å². The van der Waals surface area contributed by atoms with E-state index >= 15 is 0 Å². The summed E-state index contributed by atoms with van der Waals surface area (Å²) in [5.74, 6) is -0.0279. The lowest BCUT2D eigenvalue weighted by Crippen LogP contribution is -2.33. The van der Waals surface area contributed by atoms with Gasteiger partial charge in [-0.05, 0) is 43.3 Å². The molecular weight excluding hydrogens is 236 g/mol. The molecule has 0 fully saturated rings. The summed E-state index contributed by atoms with van der Waals surface area (Å²) in [7, 11) is 0. The van der Waals surface area contributed by atoms with Crippen LogP contribution in [0.3, 0.4) is 0 Å². The predicted octanol–water partition coefficient (Wildman–Crippen LogP) is 2.31. The molecule has 0 bridgehead atoms. The van der Waals surface area contributed by atoms with Gasteiger partial charge in [-0.25, -0.2) is 0 Å². The fraction of sp³-hybridized carbons (Fsp3) is 0.333. The Morgan fingerprint density at radius 1 is 1.47 bits per heavy atom. The van der Waals surface area contributed by atoms with E-state index in [1.807, 2.05) is 13.8 Å². The largest absolute Gasteiger partial charge is 0.506 e. The van der Waals surface area contributed by atoms with Gasteiger partial charge < -0.3 is 15.7 Å². The molecule has 0 atom stereocenters. The molecule has 0 saturated heterocycles. The number of thiocarbonyl (C=S) groups is 1. The van der Waals surface area contributed by atoms with Crippen LogP contribution >= 0.6 is 12.2 Å². The highest BCUT2D eigenvalue weighted by atomic mass is 32.1. The van der Waals surface area contributed by atoms with E-state index in [0.717, 1.165) is 12.0 Å². The first-order valence-corrected chi connectivity index (χ1v) is 5.84. The minimum atomic E-state index is -0.128. The molecule has 0 aliphatic rings. The molecule has 0 unspecified atom stereocenters. The molecular formula is C12H16N2O2S. The zero-order valence-electron chi connectivity index (χ0n) is 9.91. The summed E-state index contributed by atoms with van der Waals surface area (Å²) in [4.78, 5) is 11.3. The maximum absolute atomic E-state index is 11.3. The number of carbonyl (C=O) groups excluding carboxylic acids is 1. The molecule has 1 aromatic rings. The lowest BCUT2D eigenvalue weighted by Gasteiger charge is -2.11. The van der Waals surface area contributed by atoms with E-state index in [4.69, 9.17) is 12.2 Å². The Morgan fingerprint density at radius 3 is 2.82 bits per heavy atom. The Bertz CT molecular complexity index is 433. The highest BCUT2D eigenvalue weighted by Crippen LogP contribution is 2.23. The molecule has 0 saturated carbocycles. The highest BCUT2D eigenvalue weighted by molar-refractivity contribution is 7.80. The van der Waals surface area contributed by atoms with Crippen LogP contribution in [-0.4, -0.2) is 16.1 Å². The summed E-state index contributed by atoms with van der Waals surface area (Å²) < 4.78 is 0. The van der Waals surface area contributed by atoms with Crippen LogP contribution in [0.4, 0.5) is 5.69 Å². The number of hydrogen-bond acceptors (Lipinski definition) is 3. The van der Waals surface area contributed by atoms with E-state index in [-0.39, 0.29) is 16.8 Å². The molecule has 5 heteroatoms. The standard InChI is InChI=1S/C12H16N2O2S/c1-3-4-11(16)14-12(17)13-9-7-8(2)5-6-10(9)15/h5-7,15H,3-4H2,1-2H3,(H2,13,14,16,17). The topological polar surface area (TPSA) is 61.4 Å². The third-order valence-electron chi connectivity index (χ3n) is 2.13. The lowest BCUT2D eigenvalue weighted by atomic mass is 10.2. The van der Waals surface area contributed by atoms with Crippen molar-refractivity contribution in [1.29, 1.82) is 0 Å². The van der Waals surface area contributed by atoms with E-state index in [1.165, 1.54) is 0 Å². The van der Waals surface area contributed by atoms with Crippen molar-refractivity contribution in [3.8, 4) is 5.75 Å². The molecule has 0 heterocycles. The van der Waals surface area contributed by atoms with Gasteiger partial charge in [-0.15, -0.1) is 0 Å². The molecule has 92 valence electrons. The Labute approximate surface area is 106 Å². The van der Waals surface area contributed by atoms with Gasteiger partial charge in [-0.1, -0.05) is 13.0 Å². The van der Waals surface area contributed by atoms with Crippen molar-refractivity contribution in [2.45, 2.75) is 26.7 Å². The van der Waals surface area contributed by atoms with Crippen molar-refractivity contribution >= 4 is 28.9 Å². The molecule has 0 aliphatic carbocycles. The number of aryl methyl sites for hydroxylation is 1. The van der Waals surface area contributed by atoms with Crippen LogP contribution in [0.25, 0.3) is 0 Å². The summed E-state index contributed by atoms with van der Waals surface area (Å²) in [6, 6.07) is 5.13.